The van der Waals surface area contributed by atoms with Crippen LogP contribution in [0.15, 0.2) is 53.7 Å². The van der Waals surface area contributed by atoms with E-state index in [1.807, 2.05) is 0 Å². The Hall–Kier alpha value is -2.25. The maximum Gasteiger partial charge on any atom is 0.248 e. The third-order valence-electron chi connectivity index (χ3n) is 2.97. The van der Waals surface area contributed by atoms with Crippen LogP contribution in [0.4, 0.5) is 0 Å². The van der Waals surface area contributed by atoms with Crippen molar-refractivity contribution < 1.29 is 13.2 Å². The number of hydrogen-bond donors (Lipinski definition) is 2. The van der Waals surface area contributed by atoms with Gasteiger partial charge in [0.1, 0.15) is 0 Å². The number of rotatable bonds is 5. The van der Waals surface area contributed by atoms with Gasteiger partial charge in [-0.1, -0.05) is 6.07 Å². The molecule has 110 valence electrons. The zero-order chi connectivity index (χ0) is 15.5. The van der Waals surface area contributed by atoms with Crippen LogP contribution < -0.4 is 10.5 Å². The van der Waals surface area contributed by atoms with Crippen LogP contribution >= 0.6 is 0 Å². The molecule has 1 atom stereocenters. The minimum atomic E-state index is -3.68. The maximum atomic E-state index is 12.2. The van der Waals surface area contributed by atoms with Gasteiger partial charge in [0.15, 0.2) is 0 Å². The lowest BCUT2D eigenvalue weighted by Gasteiger charge is -2.14. The SMILES string of the molecule is CC(NS(=O)(=O)c1ccc(C(N)=O)cc1)c1cccnc1. The molecule has 2 rings (SSSR count). The molecule has 0 aliphatic heterocycles. The molecule has 3 N–H and O–H groups in total. The molecule has 0 aliphatic carbocycles. The van der Waals surface area contributed by atoms with Crippen LogP contribution in [0.2, 0.25) is 0 Å². The van der Waals surface area contributed by atoms with Crippen molar-refractivity contribution in [2.45, 2.75) is 17.9 Å². The number of sulfonamides is 1. The smallest absolute Gasteiger partial charge is 0.248 e. The lowest BCUT2D eigenvalue weighted by Crippen LogP contribution is -2.27. The Balaban J connectivity index is 2.20. The summed E-state index contributed by atoms with van der Waals surface area (Å²) in [4.78, 5) is 15.0. The van der Waals surface area contributed by atoms with Crippen molar-refractivity contribution in [1.82, 2.24) is 9.71 Å². The standard InChI is InChI=1S/C14H15N3O3S/c1-10(12-3-2-8-16-9-12)17-21(19,20)13-6-4-11(5-7-13)14(15)18/h2-10,17H,1H3,(H2,15,18). The molecule has 0 bridgehead atoms. The van der Waals surface area contributed by atoms with Crippen molar-refractivity contribution in [1.29, 1.82) is 0 Å². The van der Waals surface area contributed by atoms with Gasteiger partial charge in [0, 0.05) is 24.0 Å². The Morgan fingerprint density at radius 3 is 2.43 bits per heavy atom. The highest BCUT2D eigenvalue weighted by Gasteiger charge is 2.18. The number of carbonyl (C=O) groups is 1. The lowest BCUT2D eigenvalue weighted by molar-refractivity contribution is 0.1000. The van der Waals surface area contributed by atoms with Crippen LogP contribution in [-0.4, -0.2) is 19.3 Å². The number of primary amides is 1. The first-order valence-electron chi connectivity index (χ1n) is 6.22. The molecule has 0 saturated heterocycles. The highest BCUT2D eigenvalue weighted by Crippen LogP contribution is 2.16. The van der Waals surface area contributed by atoms with Gasteiger partial charge in [0.05, 0.1) is 4.90 Å². The lowest BCUT2D eigenvalue weighted by atomic mass is 10.2. The molecule has 1 amide bonds. The molecule has 1 heterocycles. The molecule has 0 fully saturated rings. The van der Waals surface area contributed by atoms with E-state index in [2.05, 4.69) is 9.71 Å². The second-order valence-corrected chi connectivity index (χ2v) is 6.23. The molecule has 6 nitrogen and oxygen atoms in total. The minimum absolute atomic E-state index is 0.0724. The summed E-state index contributed by atoms with van der Waals surface area (Å²) in [6, 6.07) is 8.56. The Bertz CT molecular complexity index is 728. The van der Waals surface area contributed by atoms with E-state index in [-0.39, 0.29) is 10.5 Å². The fourth-order valence-electron chi connectivity index (χ4n) is 1.80. The molecular weight excluding hydrogens is 290 g/mol. The molecule has 0 saturated carbocycles. The van der Waals surface area contributed by atoms with Gasteiger partial charge in [-0.05, 0) is 42.8 Å². The number of pyridine rings is 1. The monoisotopic (exact) mass is 305 g/mol. The fourth-order valence-corrected chi connectivity index (χ4v) is 3.03. The predicted molar refractivity (Wildman–Crippen MR) is 77.9 cm³/mol. The van der Waals surface area contributed by atoms with Gasteiger partial charge in [0.2, 0.25) is 15.9 Å². The van der Waals surface area contributed by atoms with Crippen LogP contribution in [0.25, 0.3) is 0 Å². The number of nitrogens with one attached hydrogen (secondary N) is 1. The topological polar surface area (TPSA) is 102 Å². The highest BCUT2D eigenvalue weighted by atomic mass is 32.2. The van der Waals surface area contributed by atoms with Gasteiger partial charge >= 0.3 is 0 Å². The van der Waals surface area contributed by atoms with Crippen LogP contribution in [0, 0.1) is 0 Å². The minimum Gasteiger partial charge on any atom is -0.366 e. The quantitative estimate of drug-likeness (QED) is 0.867. The summed E-state index contributed by atoms with van der Waals surface area (Å²) < 4.78 is 27.1. The van der Waals surface area contributed by atoms with E-state index >= 15 is 0 Å². The van der Waals surface area contributed by atoms with Crippen LogP contribution in [-0.2, 0) is 10.0 Å². The van der Waals surface area contributed by atoms with Gasteiger partial charge in [-0.3, -0.25) is 9.78 Å². The Morgan fingerprint density at radius 1 is 1.24 bits per heavy atom. The normalized spacial score (nSPS) is 12.8. The van der Waals surface area contributed by atoms with Crippen LogP contribution in [0.3, 0.4) is 0 Å². The number of aromatic nitrogens is 1. The van der Waals surface area contributed by atoms with Crippen molar-refractivity contribution >= 4 is 15.9 Å². The van der Waals surface area contributed by atoms with E-state index in [1.165, 1.54) is 24.3 Å². The molecule has 0 radical (unpaired) electrons. The summed E-state index contributed by atoms with van der Waals surface area (Å²) >= 11 is 0. The van der Waals surface area contributed by atoms with E-state index in [4.69, 9.17) is 5.73 Å². The van der Waals surface area contributed by atoms with Crippen molar-refractivity contribution in [3.8, 4) is 0 Å². The number of hydrogen-bond acceptors (Lipinski definition) is 4. The van der Waals surface area contributed by atoms with E-state index in [0.29, 0.717) is 0 Å². The molecule has 2 aromatic rings. The van der Waals surface area contributed by atoms with Crippen molar-refractivity contribution in [3.05, 3.63) is 59.9 Å². The summed E-state index contributed by atoms with van der Waals surface area (Å²) in [6.07, 6.45) is 3.22. The van der Waals surface area contributed by atoms with Crippen LogP contribution in [0.5, 0.6) is 0 Å². The van der Waals surface area contributed by atoms with E-state index in [1.54, 1.807) is 31.5 Å². The van der Waals surface area contributed by atoms with E-state index in [0.717, 1.165) is 5.56 Å². The molecule has 1 unspecified atom stereocenters. The van der Waals surface area contributed by atoms with Gasteiger partial charge in [-0.15, -0.1) is 0 Å². The molecule has 7 heteroatoms. The Morgan fingerprint density at radius 2 is 1.90 bits per heavy atom. The number of nitrogens with two attached hydrogens (primary N) is 1. The van der Waals surface area contributed by atoms with Gasteiger partial charge in [-0.2, -0.15) is 0 Å². The first-order valence-corrected chi connectivity index (χ1v) is 7.70. The summed E-state index contributed by atoms with van der Waals surface area (Å²) in [5.41, 5.74) is 6.14. The maximum absolute atomic E-state index is 12.2. The largest absolute Gasteiger partial charge is 0.366 e. The Labute approximate surface area is 123 Å². The molecule has 21 heavy (non-hydrogen) atoms. The fraction of sp³-hybridized carbons (Fsp3) is 0.143. The third kappa shape index (κ3) is 3.65. The third-order valence-corrected chi connectivity index (χ3v) is 4.52. The molecule has 0 aliphatic rings. The molecule has 0 spiro atoms. The first kappa shape index (κ1) is 15.1. The number of carbonyl (C=O) groups excluding carboxylic acids is 1. The summed E-state index contributed by atoms with van der Waals surface area (Å²) in [7, 11) is -3.68. The van der Waals surface area contributed by atoms with E-state index < -0.39 is 22.0 Å². The van der Waals surface area contributed by atoms with E-state index in [9.17, 15) is 13.2 Å². The molecule has 1 aromatic carbocycles. The first-order chi connectivity index (χ1) is 9.90. The second kappa shape index (κ2) is 6.02. The number of nitrogens with zero attached hydrogens (tertiary/aromatic N) is 1. The summed E-state index contributed by atoms with van der Waals surface area (Å²) in [6.45, 7) is 1.73. The summed E-state index contributed by atoms with van der Waals surface area (Å²) in [5.74, 6) is -0.601. The van der Waals surface area contributed by atoms with Crippen molar-refractivity contribution in [2.24, 2.45) is 5.73 Å². The van der Waals surface area contributed by atoms with Gasteiger partial charge in [-0.25, -0.2) is 13.1 Å². The van der Waals surface area contributed by atoms with Gasteiger partial charge < -0.3 is 5.73 Å². The zero-order valence-corrected chi connectivity index (χ0v) is 12.2. The second-order valence-electron chi connectivity index (χ2n) is 4.52. The molecular formula is C14H15N3O3S. The number of amides is 1. The molecule has 1 aromatic heterocycles. The number of benzene rings is 1. The average Bonchev–Trinajstić information content (AvgIpc) is 2.48. The zero-order valence-electron chi connectivity index (χ0n) is 11.4. The van der Waals surface area contributed by atoms with Crippen molar-refractivity contribution in [2.75, 3.05) is 0 Å². The van der Waals surface area contributed by atoms with Gasteiger partial charge in [0.25, 0.3) is 0 Å². The predicted octanol–water partition coefficient (Wildman–Crippen LogP) is 1.22. The highest BCUT2D eigenvalue weighted by molar-refractivity contribution is 7.89. The van der Waals surface area contributed by atoms with Crippen molar-refractivity contribution in [3.63, 3.8) is 0 Å². The average molecular weight is 305 g/mol. The Kier molecular flexibility index (Phi) is 4.35. The van der Waals surface area contributed by atoms with Crippen LogP contribution in [0.1, 0.15) is 28.9 Å². The summed E-state index contributed by atoms with van der Waals surface area (Å²) in [5, 5.41) is 0.